The number of likely N-dealkylation sites (tertiary alicyclic amines) is 1. The molecule has 0 aromatic rings. The number of piperidine rings is 1. The fourth-order valence-corrected chi connectivity index (χ4v) is 2.37. The smallest absolute Gasteiger partial charge is 0.317 e. The standard InChI is InChI=1S/C14H26N2O3/c1-4-5-11(10-12(17)18)15-13(19)16-8-6-14(2,3)7-9-16/h11H,4-10H2,1-3H3,(H,15,19)(H,17,18). The number of nitrogens with zero attached hydrogens (tertiary/aromatic N) is 1. The normalized spacial score (nSPS) is 19.8. The maximum Gasteiger partial charge on any atom is 0.317 e. The van der Waals surface area contributed by atoms with Gasteiger partial charge < -0.3 is 15.3 Å². The van der Waals surface area contributed by atoms with Gasteiger partial charge in [0.2, 0.25) is 0 Å². The highest BCUT2D eigenvalue weighted by Gasteiger charge is 2.28. The molecule has 1 rings (SSSR count). The van der Waals surface area contributed by atoms with Crippen LogP contribution in [0, 0.1) is 5.41 Å². The van der Waals surface area contributed by atoms with Crippen LogP contribution < -0.4 is 5.32 Å². The van der Waals surface area contributed by atoms with Gasteiger partial charge in [0.25, 0.3) is 0 Å². The Morgan fingerprint density at radius 2 is 1.89 bits per heavy atom. The molecule has 1 atom stereocenters. The van der Waals surface area contributed by atoms with Gasteiger partial charge in [0.15, 0.2) is 0 Å². The zero-order chi connectivity index (χ0) is 14.5. The van der Waals surface area contributed by atoms with Crippen molar-refractivity contribution in [2.75, 3.05) is 13.1 Å². The summed E-state index contributed by atoms with van der Waals surface area (Å²) in [5, 5.41) is 11.7. The summed E-state index contributed by atoms with van der Waals surface area (Å²) in [7, 11) is 0. The number of carboxylic acid groups (broad SMARTS) is 1. The van der Waals surface area contributed by atoms with E-state index >= 15 is 0 Å². The van der Waals surface area contributed by atoms with E-state index in [-0.39, 0.29) is 18.5 Å². The summed E-state index contributed by atoms with van der Waals surface area (Å²) in [6, 6.07) is -0.375. The lowest BCUT2D eigenvalue weighted by Crippen LogP contribution is -2.49. The number of nitrogens with one attached hydrogen (secondary N) is 1. The van der Waals surface area contributed by atoms with Crippen molar-refractivity contribution in [2.24, 2.45) is 5.41 Å². The minimum absolute atomic E-state index is 0.00108. The Hall–Kier alpha value is -1.26. The maximum absolute atomic E-state index is 12.1. The zero-order valence-corrected chi connectivity index (χ0v) is 12.2. The topological polar surface area (TPSA) is 69.6 Å². The van der Waals surface area contributed by atoms with Gasteiger partial charge in [0.1, 0.15) is 0 Å². The molecule has 0 bridgehead atoms. The van der Waals surface area contributed by atoms with E-state index in [0.717, 1.165) is 32.4 Å². The Labute approximate surface area is 115 Å². The third-order valence-corrected chi connectivity index (χ3v) is 3.79. The second kappa shape index (κ2) is 6.78. The van der Waals surface area contributed by atoms with E-state index in [9.17, 15) is 9.59 Å². The lowest BCUT2D eigenvalue weighted by atomic mass is 9.83. The summed E-state index contributed by atoms with van der Waals surface area (Å²) < 4.78 is 0. The maximum atomic E-state index is 12.1. The van der Waals surface area contributed by atoms with Crippen molar-refractivity contribution in [2.45, 2.75) is 58.9 Å². The Kier molecular flexibility index (Phi) is 5.63. The molecule has 1 unspecified atom stereocenters. The van der Waals surface area contributed by atoms with Crippen LogP contribution in [0.25, 0.3) is 0 Å². The molecule has 5 nitrogen and oxygen atoms in total. The van der Waals surface area contributed by atoms with Crippen LogP contribution >= 0.6 is 0 Å². The summed E-state index contributed by atoms with van der Waals surface area (Å²) >= 11 is 0. The van der Waals surface area contributed by atoms with Gasteiger partial charge in [-0.2, -0.15) is 0 Å². The number of amides is 2. The van der Waals surface area contributed by atoms with E-state index in [1.807, 2.05) is 6.92 Å². The number of hydrogen-bond acceptors (Lipinski definition) is 2. The largest absolute Gasteiger partial charge is 0.481 e. The van der Waals surface area contributed by atoms with Crippen molar-refractivity contribution >= 4 is 12.0 Å². The summed E-state index contributed by atoms with van der Waals surface area (Å²) in [6.07, 6.45) is 3.57. The number of carbonyl (C=O) groups is 2. The van der Waals surface area contributed by atoms with Gasteiger partial charge in [-0.1, -0.05) is 27.2 Å². The Bertz CT molecular complexity index is 319. The molecule has 0 aromatic heterocycles. The zero-order valence-electron chi connectivity index (χ0n) is 12.2. The summed E-state index contributed by atoms with van der Waals surface area (Å²) in [4.78, 5) is 24.7. The third-order valence-electron chi connectivity index (χ3n) is 3.79. The number of carboxylic acids is 1. The summed E-state index contributed by atoms with van der Waals surface area (Å²) in [5.41, 5.74) is 0.306. The fraction of sp³-hybridized carbons (Fsp3) is 0.857. The molecule has 0 radical (unpaired) electrons. The van der Waals surface area contributed by atoms with E-state index in [0.29, 0.717) is 11.8 Å². The predicted molar refractivity (Wildman–Crippen MR) is 74.1 cm³/mol. The van der Waals surface area contributed by atoms with Gasteiger partial charge in [-0.15, -0.1) is 0 Å². The summed E-state index contributed by atoms with van der Waals surface area (Å²) in [6.45, 7) is 7.93. The highest BCUT2D eigenvalue weighted by Crippen LogP contribution is 2.29. The van der Waals surface area contributed by atoms with Crippen molar-refractivity contribution < 1.29 is 14.7 Å². The minimum atomic E-state index is -0.862. The lowest BCUT2D eigenvalue weighted by molar-refractivity contribution is -0.137. The molecule has 5 heteroatoms. The quantitative estimate of drug-likeness (QED) is 0.806. The predicted octanol–water partition coefficient (Wildman–Crippen LogP) is 2.46. The number of urea groups is 1. The molecule has 1 aliphatic rings. The van der Waals surface area contributed by atoms with Gasteiger partial charge in [0.05, 0.1) is 6.42 Å². The molecule has 0 saturated carbocycles. The minimum Gasteiger partial charge on any atom is -0.481 e. The number of aliphatic carboxylic acids is 1. The van der Waals surface area contributed by atoms with E-state index in [1.165, 1.54) is 0 Å². The fourth-order valence-electron chi connectivity index (χ4n) is 2.37. The van der Waals surface area contributed by atoms with Crippen molar-refractivity contribution in [1.82, 2.24) is 10.2 Å². The Balaban J connectivity index is 2.46. The average molecular weight is 270 g/mol. The van der Waals surface area contributed by atoms with Crippen LogP contribution in [0.3, 0.4) is 0 Å². The van der Waals surface area contributed by atoms with Crippen LogP contribution in [0.2, 0.25) is 0 Å². The molecular formula is C14H26N2O3. The van der Waals surface area contributed by atoms with E-state index in [1.54, 1.807) is 4.90 Å². The second-order valence-electron chi connectivity index (χ2n) is 6.18. The molecule has 1 aliphatic heterocycles. The van der Waals surface area contributed by atoms with Crippen molar-refractivity contribution in [3.05, 3.63) is 0 Å². The molecule has 1 saturated heterocycles. The highest BCUT2D eigenvalue weighted by molar-refractivity contribution is 5.76. The average Bonchev–Trinajstić information content (AvgIpc) is 2.28. The van der Waals surface area contributed by atoms with Crippen LogP contribution in [0.15, 0.2) is 0 Å². The first-order chi connectivity index (χ1) is 8.84. The first-order valence-corrected chi connectivity index (χ1v) is 7.11. The molecule has 1 fully saturated rings. The molecule has 2 amide bonds. The van der Waals surface area contributed by atoms with Crippen LogP contribution in [0.5, 0.6) is 0 Å². The second-order valence-corrected chi connectivity index (χ2v) is 6.18. The monoisotopic (exact) mass is 270 g/mol. The molecule has 0 spiro atoms. The molecule has 1 heterocycles. The van der Waals surface area contributed by atoms with Crippen molar-refractivity contribution in [3.63, 3.8) is 0 Å². The van der Waals surface area contributed by atoms with Crippen molar-refractivity contribution in [1.29, 1.82) is 0 Å². The third kappa shape index (κ3) is 5.49. The highest BCUT2D eigenvalue weighted by atomic mass is 16.4. The molecule has 110 valence electrons. The molecular weight excluding hydrogens is 244 g/mol. The van der Waals surface area contributed by atoms with E-state index in [4.69, 9.17) is 5.11 Å². The van der Waals surface area contributed by atoms with Crippen LogP contribution in [0.1, 0.15) is 52.9 Å². The van der Waals surface area contributed by atoms with Crippen LogP contribution in [-0.2, 0) is 4.79 Å². The van der Waals surface area contributed by atoms with Gasteiger partial charge in [0, 0.05) is 19.1 Å². The molecule has 0 aliphatic carbocycles. The molecule has 2 N–H and O–H groups in total. The van der Waals surface area contributed by atoms with Gasteiger partial charge in [-0.25, -0.2) is 4.79 Å². The number of carbonyl (C=O) groups excluding carboxylic acids is 1. The molecule has 0 aromatic carbocycles. The van der Waals surface area contributed by atoms with Gasteiger partial charge in [-0.05, 0) is 24.7 Å². The number of rotatable bonds is 5. The van der Waals surface area contributed by atoms with Crippen LogP contribution in [0.4, 0.5) is 4.79 Å². The lowest BCUT2D eigenvalue weighted by Gasteiger charge is -2.37. The van der Waals surface area contributed by atoms with E-state index in [2.05, 4.69) is 19.2 Å². The SMILES string of the molecule is CCCC(CC(=O)O)NC(=O)N1CCC(C)(C)CC1. The van der Waals surface area contributed by atoms with E-state index < -0.39 is 5.97 Å². The number of hydrogen-bond donors (Lipinski definition) is 2. The van der Waals surface area contributed by atoms with Crippen LogP contribution in [-0.4, -0.2) is 41.1 Å². The van der Waals surface area contributed by atoms with Gasteiger partial charge >= 0.3 is 12.0 Å². The first-order valence-electron chi connectivity index (χ1n) is 7.11. The first kappa shape index (κ1) is 15.8. The molecule has 19 heavy (non-hydrogen) atoms. The van der Waals surface area contributed by atoms with Crippen molar-refractivity contribution in [3.8, 4) is 0 Å². The summed E-state index contributed by atoms with van der Waals surface area (Å²) in [5.74, 6) is -0.862. The Morgan fingerprint density at radius 3 is 2.37 bits per heavy atom. The Morgan fingerprint density at radius 1 is 1.32 bits per heavy atom. The van der Waals surface area contributed by atoms with Gasteiger partial charge in [-0.3, -0.25) is 4.79 Å².